The van der Waals surface area contributed by atoms with Crippen LogP contribution in [0.5, 0.6) is 0 Å². The van der Waals surface area contributed by atoms with E-state index in [-0.39, 0.29) is 5.91 Å². The maximum atomic E-state index is 10.8. The molecular weight excluding hydrogens is 142 g/mol. The first-order valence-electron chi connectivity index (χ1n) is 3.65. The van der Waals surface area contributed by atoms with Gasteiger partial charge in [0.2, 0.25) is 0 Å². The van der Waals surface area contributed by atoms with Gasteiger partial charge in [-0.2, -0.15) is 0 Å². The molecule has 0 bridgehead atoms. The highest BCUT2D eigenvalue weighted by Gasteiger charge is 2.16. The Morgan fingerprint density at radius 1 is 1.64 bits per heavy atom. The van der Waals surface area contributed by atoms with E-state index in [0.29, 0.717) is 5.76 Å². The van der Waals surface area contributed by atoms with Gasteiger partial charge in [0, 0.05) is 6.08 Å². The smallest absolute Gasteiger partial charge is 0.273 e. The van der Waals surface area contributed by atoms with Crippen molar-refractivity contribution < 1.29 is 9.53 Å². The van der Waals surface area contributed by atoms with Crippen LogP contribution in [0.4, 0.5) is 0 Å². The molecule has 0 fully saturated rings. The van der Waals surface area contributed by atoms with E-state index in [1.807, 2.05) is 6.92 Å². The highest BCUT2D eigenvalue weighted by atomic mass is 16.5. The average Bonchev–Trinajstić information content (AvgIpc) is 2.32. The second-order valence-corrected chi connectivity index (χ2v) is 2.36. The predicted molar refractivity (Wildman–Crippen MR) is 42.4 cm³/mol. The molecule has 0 aromatic heterocycles. The van der Waals surface area contributed by atoms with Gasteiger partial charge in [-0.05, 0) is 6.42 Å². The van der Waals surface area contributed by atoms with Crippen molar-refractivity contribution >= 4 is 11.6 Å². The molecule has 60 valence electrons. The number of rotatable bonds is 3. The molecule has 3 nitrogen and oxygen atoms in total. The Balaban J connectivity index is 2.72. The molecule has 3 heteroatoms. The number of hydrogen-bond acceptors (Lipinski definition) is 2. The van der Waals surface area contributed by atoms with Crippen molar-refractivity contribution in [3.8, 4) is 0 Å². The third kappa shape index (κ3) is 1.67. The summed E-state index contributed by atoms with van der Waals surface area (Å²) in [6, 6.07) is 0. The van der Waals surface area contributed by atoms with Crippen LogP contribution < -0.4 is 0 Å². The van der Waals surface area contributed by atoms with Crippen molar-refractivity contribution in [2.45, 2.75) is 19.8 Å². The largest absolute Gasteiger partial charge is 0.495 e. The number of nitrogens with zero attached hydrogens (tertiary/aromatic N) is 1. The van der Waals surface area contributed by atoms with Gasteiger partial charge >= 0.3 is 0 Å². The minimum Gasteiger partial charge on any atom is -0.495 e. The topological polar surface area (TPSA) is 38.7 Å². The summed E-state index contributed by atoms with van der Waals surface area (Å²) in [5, 5.41) is 0. The van der Waals surface area contributed by atoms with E-state index in [1.54, 1.807) is 7.11 Å². The van der Waals surface area contributed by atoms with Crippen molar-refractivity contribution in [1.29, 1.82) is 0 Å². The molecule has 0 aliphatic carbocycles. The van der Waals surface area contributed by atoms with Gasteiger partial charge in [-0.3, -0.25) is 4.79 Å². The van der Waals surface area contributed by atoms with Crippen molar-refractivity contribution in [1.82, 2.24) is 0 Å². The number of ether oxygens (including phenoxy) is 1. The first-order chi connectivity index (χ1) is 5.27. The fourth-order valence-electron chi connectivity index (χ4n) is 1.01. The first-order valence-corrected chi connectivity index (χ1v) is 3.65. The zero-order valence-electron chi connectivity index (χ0n) is 6.76. The van der Waals surface area contributed by atoms with Crippen molar-refractivity contribution in [3.63, 3.8) is 0 Å². The average molecular weight is 153 g/mol. The highest BCUT2D eigenvalue weighted by Crippen LogP contribution is 2.12. The number of aliphatic imine (C=N–C) groups is 1. The molecule has 1 aliphatic heterocycles. The van der Waals surface area contributed by atoms with Crippen LogP contribution in [0.3, 0.4) is 0 Å². The Morgan fingerprint density at radius 2 is 2.36 bits per heavy atom. The molecule has 1 aliphatic rings. The Labute approximate surface area is 65.8 Å². The van der Waals surface area contributed by atoms with E-state index < -0.39 is 0 Å². The molecule has 1 rings (SSSR count). The van der Waals surface area contributed by atoms with E-state index >= 15 is 0 Å². The van der Waals surface area contributed by atoms with Crippen LogP contribution >= 0.6 is 0 Å². The van der Waals surface area contributed by atoms with E-state index in [4.69, 9.17) is 4.74 Å². The van der Waals surface area contributed by atoms with Crippen LogP contribution in [-0.4, -0.2) is 18.7 Å². The second-order valence-electron chi connectivity index (χ2n) is 2.36. The van der Waals surface area contributed by atoms with E-state index in [0.717, 1.165) is 18.6 Å². The third-order valence-corrected chi connectivity index (χ3v) is 1.49. The standard InChI is InChI=1S/C8H11NO2/c1-3-4-6-7(11-2)5-8(10)9-6/h5H,3-4H2,1-2H3. The number of carbonyl (C=O) groups excluding carboxylic acids is 1. The minimum absolute atomic E-state index is 0.203. The number of carbonyl (C=O) groups is 1. The summed E-state index contributed by atoms with van der Waals surface area (Å²) in [5.74, 6) is 0.419. The summed E-state index contributed by atoms with van der Waals surface area (Å²) < 4.78 is 4.96. The molecule has 0 saturated carbocycles. The maximum Gasteiger partial charge on any atom is 0.273 e. The van der Waals surface area contributed by atoms with E-state index in [2.05, 4.69) is 4.99 Å². The van der Waals surface area contributed by atoms with Gasteiger partial charge in [0.15, 0.2) is 0 Å². The third-order valence-electron chi connectivity index (χ3n) is 1.49. The maximum absolute atomic E-state index is 10.8. The van der Waals surface area contributed by atoms with E-state index in [9.17, 15) is 4.79 Å². The lowest BCUT2D eigenvalue weighted by molar-refractivity contribution is -0.113. The van der Waals surface area contributed by atoms with Crippen molar-refractivity contribution in [3.05, 3.63) is 11.8 Å². The quantitative estimate of drug-likeness (QED) is 0.613. The van der Waals surface area contributed by atoms with Crippen LogP contribution in [0.25, 0.3) is 0 Å². The van der Waals surface area contributed by atoms with Crippen LogP contribution in [0, 0.1) is 0 Å². The number of amides is 1. The summed E-state index contributed by atoms with van der Waals surface area (Å²) in [4.78, 5) is 14.5. The van der Waals surface area contributed by atoms with Gasteiger partial charge in [0.05, 0.1) is 12.8 Å². The Bertz CT molecular complexity index is 228. The van der Waals surface area contributed by atoms with Crippen molar-refractivity contribution in [2.75, 3.05) is 7.11 Å². The lowest BCUT2D eigenvalue weighted by Gasteiger charge is -2.01. The van der Waals surface area contributed by atoms with Crippen LogP contribution in [0.1, 0.15) is 19.8 Å². The summed E-state index contributed by atoms with van der Waals surface area (Å²) in [7, 11) is 1.55. The summed E-state index contributed by atoms with van der Waals surface area (Å²) in [5.41, 5.74) is 0.778. The van der Waals surface area contributed by atoms with Gasteiger partial charge in [0.25, 0.3) is 5.91 Å². The monoisotopic (exact) mass is 153 g/mol. The molecule has 0 N–H and O–H groups in total. The molecular formula is C8H11NO2. The zero-order chi connectivity index (χ0) is 8.27. The molecule has 1 heterocycles. The Morgan fingerprint density at radius 3 is 2.91 bits per heavy atom. The van der Waals surface area contributed by atoms with E-state index in [1.165, 1.54) is 6.08 Å². The van der Waals surface area contributed by atoms with Gasteiger partial charge in [0.1, 0.15) is 5.76 Å². The zero-order valence-corrected chi connectivity index (χ0v) is 6.76. The molecule has 0 aromatic carbocycles. The fourth-order valence-corrected chi connectivity index (χ4v) is 1.01. The summed E-state index contributed by atoms with van der Waals surface area (Å²) >= 11 is 0. The molecule has 0 unspecified atom stereocenters. The Hall–Kier alpha value is -1.12. The summed E-state index contributed by atoms with van der Waals surface area (Å²) in [6.45, 7) is 2.04. The predicted octanol–water partition coefficient (Wildman–Crippen LogP) is 1.30. The minimum atomic E-state index is -0.203. The molecule has 0 atom stereocenters. The first kappa shape index (κ1) is 7.98. The SMILES string of the molecule is CCCC1=NC(=O)C=C1OC. The lowest BCUT2D eigenvalue weighted by atomic mass is 10.2. The van der Waals surface area contributed by atoms with Crippen LogP contribution in [0.15, 0.2) is 16.8 Å². The molecule has 0 radical (unpaired) electrons. The normalized spacial score (nSPS) is 16.4. The highest BCUT2D eigenvalue weighted by molar-refractivity contribution is 6.15. The van der Waals surface area contributed by atoms with Crippen LogP contribution in [-0.2, 0) is 9.53 Å². The molecule has 0 spiro atoms. The second kappa shape index (κ2) is 3.32. The fraction of sp³-hybridized carbons (Fsp3) is 0.500. The number of allylic oxidation sites excluding steroid dienone is 1. The molecule has 1 amide bonds. The van der Waals surface area contributed by atoms with Crippen LogP contribution in [0.2, 0.25) is 0 Å². The lowest BCUT2D eigenvalue weighted by Crippen LogP contribution is -2.00. The number of methoxy groups -OCH3 is 1. The van der Waals surface area contributed by atoms with Gasteiger partial charge in [-0.25, -0.2) is 4.99 Å². The van der Waals surface area contributed by atoms with Gasteiger partial charge < -0.3 is 4.74 Å². The Kier molecular flexibility index (Phi) is 2.41. The van der Waals surface area contributed by atoms with Gasteiger partial charge in [-0.1, -0.05) is 13.3 Å². The molecule has 0 aromatic rings. The van der Waals surface area contributed by atoms with Gasteiger partial charge in [-0.15, -0.1) is 0 Å². The molecule has 0 saturated heterocycles. The number of hydrogen-bond donors (Lipinski definition) is 0. The molecule has 11 heavy (non-hydrogen) atoms. The van der Waals surface area contributed by atoms with Crippen molar-refractivity contribution in [2.24, 2.45) is 4.99 Å². The summed E-state index contributed by atoms with van der Waals surface area (Å²) in [6.07, 6.45) is 3.21.